The molecule has 1 N–H and O–H groups in total. The number of pyridine rings is 1. The van der Waals surface area contributed by atoms with E-state index in [1.807, 2.05) is 19.1 Å². The Morgan fingerprint density at radius 1 is 1.24 bits per heavy atom. The molecule has 182 valence electrons. The zero-order valence-corrected chi connectivity index (χ0v) is 20.3. The van der Waals surface area contributed by atoms with Crippen molar-refractivity contribution in [1.29, 1.82) is 0 Å². The van der Waals surface area contributed by atoms with Crippen LogP contribution in [0.25, 0.3) is 11.3 Å². The highest BCUT2D eigenvalue weighted by molar-refractivity contribution is 5.66. The molecule has 0 aromatic carbocycles. The number of fused-ring (bicyclic) bond motifs is 4. The van der Waals surface area contributed by atoms with Gasteiger partial charge in [-0.05, 0) is 62.5 Å². The fraction of sp³-hybridized carbons (Fsp3) is 0.593. The van der Waals surface area contributed by atoms with Gasteiger partial charge in [0.15, 0.2) is 0 Å². The second-order valence-electron chi connectivity index (χ2n) is 11.1. The first kappa shape index (κ1) is 23.1. The van der Waals surface area contributed by atoms with Gasteiger partial charge < -0.3 is 19.0 Å². The molecule has 7 heteroatoms. The van der Waals surface area contributed by atoms with Gasteiger partial charge in [-0.15, -0.1) is 0 Å². The minimum Gasteiger partial charge on any atom is -0.487 e. The van der Waals surface area contributed by atoms with Crippen molar-refractivity contribution in [3.05, 3.63) is 46.6 Å². The first-order valence-corrected chi connectivity index (χ1v) is 12.2. The Bertz CT molecular complexity index is 1160. The lowest BCUT2D eigenvalue weighted by molar-refractivity contribution is -0.216. The van der Waals surface area contributed by atoms with Crippen molar-refractivity contribution in [1.82, 2.24) is 4.98 Å². The number of carbonyl (C=O) groups excluding carboxylic acids is 1. The molecule has 2 fully saturated rings. The van der Waals surface area contributed by atoms with Gasteiger partial charge in [-0.3, -0.25) is 9.78 Å². The van der Waals surface area contributed by atoms with Crippen LogP contribution in [-0.4, -0.2) is 34.4 Å². The van der Waals surface area contributed by atoms with Gasteiger partial charge in [0.2, 0.25) is 0 Å². The minimum atomic E-state index is -0.547. The predicted octanol–water partition coefficient (Wildman–Crippen LogP) is 4.15. The monoisotopic (exact) mass is 467 g/mol. The normalized spacial score (nSPS) is 36.4. The fourth-order valence-corrected chi connectivity index (χ4v) is 7.36. The van der Waals surface area contributed by atoms with Crippen LogP contribution < -0.4 is 10.4 Å². The van der Waals surface area contributed by atoms with Gasteiger partial charge in [0.25, 0.3) is 0 Å². The van der Waals surface area contributed by atoms with E-state index >= 15 is 0 Å². The van der Waals surface area contributed by atoms with E-state index in [0.29, 0.717) is 29.9 Å². The van der Waals surface area contributed by atoms with Crippen LogP contribution >= 0.6 is 0 Å². The summed E-state index contributed by atoms with van der Waals surface area (Å²) in [5.41, 5.74) is -0.241. The maximum absolute atomic E-state index is 13.1. The van der Waals surface area contributed by atoms with E-state index in [4.69, 9.17) is 13.9 Å². The van der Waals surface area contributed by atoms with Crippen LogP contribution in [0, 0.1) is 22.7 Å². The summed E-state index contributed by atoms with van der Waals surface area (Å²) in [5, 5.41) is 10.5. The van der Waals surface area contributed by atoms with Gasteiger partial charge in [-0.25, -0.2) is 4.79 Å². The number of nitrogens with zero attached hydrogens (tertiary/aromatic N) is 1. The Morgan fingerprint density at radius 2 is 2.03 bits per heavy atom. The van der Waals surface area contributed by atoms with Crippen LogP contribution in [0.5, 0.6) is 5.75 Å². The van der Waals surface area contributed by atoms with E-state index in [2.05, 4.69) is 18.8 Å². The molecule has 0 spiro atoms. The minimum absolute atomic E-state index is 0.0529. The van der Waals surface area contributed by atoms with Crippen molar-refractivity contribution in [3.8, 4) is 17.1 Å². The first-order chi connectivity index (χ1) is 16.1. The molecular formula is C27H33NO6. The summed E-state index contributed by atoms with van der Waals surface area (Å²) in [6.07, 6.45) is 6.75. The number of aliphatic hydroxyl groups excluding tert-OH is 1. The van der Waals surface area contributed by atoms with Crippen molar-refractivity contribution in [3.63, 3.8) is 0 Å². The van der Waals surface area contributed by atoms with Crippen molar-refractivity contribution < 1.29 is 23.8 Å². The number of carbonyl (C=O) groups is 1. The van der Waals surface area contributed by atoms with Crippen LogP contribution in [0.3, 0.4) is 0 Å². The van der Waals surface area contributed by atoms with Crippen LogP contribution in [0.4, 0.5) is 0 Å². The fourth-order valence-electron chi connectivity index (χ4n) is 7.36. The molecular weight excluding hydrogens is 434 g/mol. The summed E-state index contributed by atoms with van der Waals surface area (Å²) in [6, 6.07) is 5.48. The smallest absolute Gasteiger partial charge is 0.343 e. The Balaban J connectivity index is 1.53. The molecule has 34 heavy (non-hydrogen) atoms. The maximum atomic E-state index is 13.1. The number of ether oxygens (including phenoxy) is 2. The van der Waals surface area contributed by atoms with E-state index in [9.17, 15) is 14.7 Å². The van der Waals surface area contributed by atoms with Gasteiger partial charge in [0.1, 0.15) is 23.2 Å². The van der Waals surface area contributed by atoms with Gasteiger partial charge in [0, 0.05) is 42.3 Å². The summed E-state index contributed by atoms with van der Waals surface area (Å²) in [6.45, 7) is 7.82. The number of hydrogen-bond donors (Lipinski definition) is 1. The lowest BCUT2D eigenvalue weighted by atomic mass is 9.43. The molecule has 0 amide bonds. The van der Waals surface area contributed by atoms with E-state index in [0.717, 1.165) is 24.8 Å². The third-order valence-electron chi connectivity index (χ3n) is 9.09. The third kappa shape index (κ3) is 3.39. The summed E-state index contributed by atoms with van der Waals surface area (Å²) in [4.78, 5) is 29.0. The molecule has 3 aliphatic rings. The Labute approximate surface area is 199 Å². The lowest BCUT2D eigenvalue weighted by Crippen LogP contribution is -2.65. The molecule has 7 nitrogen and oxygen atoms in total. The van der Waals surface area contributed by atoms with Crippen LogP contribution in [-0.2, 0) is 16.0 Å². The van der Waals surface area contributed by atoms with Crippen LogP contribution in [0.2, 0.25) is 0 Å². The molecule has 0 saturated heterocycles. The third-order valence-corrected chi connectivity index (χ3v) is 9.09. The van der Waals surface area contributed by atoms with Gasteiger partial charge in [-0.2, -0.15) is 0 Å². The predicted molar refractivity (Wildman–Crippen MR) is 125 cm³/mol. The second-order valence-corrected chi connectivity index (χ2v) is 11.1. The average Bonchev–Trinajstić information content (AvgIpc) is 2.80. The molecule has 5 rings (SSSR count). The molecule has 0 unspecified atom stereocenters. The van der Waals surface area contributed by atoms with Crippen molar-refractivity contribution in [2.75, 3.05) is 6.61 Å². The molecule has 2 aromatic heterocycles. The van der Waals surface area contributed by atoms with Crippen molar-refractivity contribution >= 4 is 5.97 Å². The Morgan fingerprint density at radius 3 is 2.71 bits per heavy atom. The highest BCUT2D eigenvalue weighted by Crippen LogP contribution is 2.64. The quantitative estimate of drug-likeness (QED) is 0.677. The molecule has 2 aliphatic carbocycles. The van der Waals surface area contributed by atoms with Crippen LogP contribution in [0.1, 0.15) is 58.9 Å². The Hall–Kier alpha value is -2.67. The number of aliphatic hydroxyl groups is 1. The largest absolute Gasteiger partial charge is 0.487 e. The summed E-state index contributed by atoms with van der Waals surface area (Å²) < 4.78 is 18.0. The SMILES string of the molecule is CC(=O)O[C@H]1CC[C@@]2(C)[C@@H](CC[C@@]3(C)Oc4cc(-c5cccnc5)oc(=O)c4C[C@H]23)[C@]1(C)CO. The summed E-state index contributed by atoms with van der Waals surface area (Å²) >= 11 is 0. The molecule has 3 heterocycles. The van der Waals surface area contributed by atoms with Gasteiger partial charge >= 0.3 is 11.6 Å². The second kappa shape index (κ2) is 7.94. The molecule has 6 atom stereocenters. The molecule has 0 bridgehead atoms. The van der Waals surface area contributed by atoms with Crippen LogP contribution in [0.15, 0.2) is 39.8 Å². The summed E-state index contributed by atoms with van der Waals surface area (Å²) in [7, 11) is 0. The molecule has 2 saturated carbocycles. The molecule has 2 aromatic rings. The van der Waals surface area contributed by atoms with E-state index in [1.165, 1.54) is 6.92 Å². The summed E-state index contributed by atoms with van der Waals surface area (Å²) in [5.74, 6) is 0.935. The zero-order valence-electron chi connectivity index (χ0n) is 20.3. The molecule has 0 radical (unpaired) electrons. The van der Waals surface area contributed by atoms with Crippen molar-refractivity contribution in [2.45, 2.75) is 71.5 Å². The van der Waals surface area contributed by atoms with Gasteiger partial charge in [0.05, 0.1) is 12.2 Å². The highest BCUT2D eigenvalue weighted by atomic mass is 16.5. The highest BCUT2D eigenvalue weighted by Gasteiger charge is 2.64. The van der Waals surface area contributed by atoms with Crippen molar-refractivity contribution in [2.24, 2.45) is 22.7 Å². The first-order valence-electron chi connectivity index (χ1n) is 12.2. The van der Waals surface area contributed by atoms with E-state index < -0.39 is 11.0 Å². The standard InChI is InChI=1S/C27H33NO6/c1-16(30)32-23-8-9-25(2)21(26(23,3)15-29)7-10-27(4)22(25)12-18-20(34-27)13-19(33-24(18)31)17-6-5-11-28-14-17/h5-6,11,13-14,21-23,29H,7-10,12,15H2,1-4H3/t21-,22-,23+,25+,26+,27-/m1/s1. The van der Waals surface area contributed by atoms with E-state index in [-0.39, 0.29) is 41.6 Å². The number of hydrogen-bond acceptors (Lipinski definition) is 7. The number of esters is 1. The Kier molecular flexibility index (Phi) is 5.39. The average molecular weight is 468 g/mol. The zero-order chi connectivity index (χ0) is 24.3. The lowest BCUT2D eigenvalue weighted by Gasteiger charge is -2.64. The number of aromatic nitrogens is 1. The van der Waals surface area contributed by atoms with Gasteiger partial charge in [-0.1, -0.05) is 13.8 Å². The topological polar surface area (TPSA) is 98.9 Å². The van der Waals surface area contributed by atoms with E-state index in [1.54, 1.807) is 18.5 Å². The molecule has 1 aliphatic heterocycles. The number of rotatable bonds is 3. The maximum Gasteiger partial charge on any atom is 0.343 e.